The van der Waals surface area contributed by atoms with Gasteiger partial charge in [-0.2, -0.15) is 5.26 Å². The van der Waals surface area contributed by atoms with Gasteiger partial charge in [0.25, 0.3) is 16.4 Å². The van der Waals surface area contributed by atoms with Gasteiger partial charge in [0.05, 0.1) is 22.0 Å². The fourth-order valence-corrected chi connectivity index (χ4v) is 7.43. The monoisotopic (exact) mass is 607 g/mol. The minimum absolute atomic E-state index is 0.134. The van der Waals surface area contributed by atoms with Gasteiger partial charge in [0, 0.05) is 46.4 Å². The smallest absolute Gasteiger partial charge is 0.310 e. The van der Waals surface area contributed by atoms with Gasteiger partial charge >= 0.3 is 5.97 Å². The maximum Gasteiger partial charge on any atom is 0.310 e. The lowest BCUT2D eigenvalue weighted by Gasteiger charge is -2.38. The SMILES string of the molecule is N#Cc1sccc1-c1c(-c2cccc(N3CC(C(=O)O)C3)c2)n(S(=O)(=O)c2ccc(C(F)F)cc2)c2ccc(F)cc12. The number of aliphatic carboxylic acids is 1. The topological polar surface area (TPSA) is 103 Å². The third-order valence-electron chi connectivity index (χ3n) is 7.31. The summed E-state index contributed by atoms with van der Waals surface area (Å²) in [7, 11) is -4.46. The van der Waals surface area contributed by atoms with E-state index in [0.717, 1.165) is 45.6 Å². The Morgan fingerprint density at radius 2 is 1.79 bits per heavy atom. The van der Waals surface area contributed by atoms with Crippen LogP contribution < -0.4 is 4.90 Å². The van der Waals surface area contributed by atoms with Crippen LogP contribution in [-0.2, 0) is 14.8 Å². The molecule has 7 nitrogen and oxygen atoms in total. The second-order valence-corrected chi connectivity index (χ2v) is 12.5. The number of aromatic nitrogens is 1. The highest BCUT2D eigenvalue weighted by molar-refractivity contribution is 7.90. The summed E-state index contributed by atoms with van der Waals surface area (Å²) >= 11 is 1.15. The van der Waals surface area contributed by atoms with E-state index in [1.54, 1.807) is 35.7 Å². The number of halogens is 3. The van der Waals surface area contributed by atoms with Gasteiger partial charge in [0.1, 0.15) is 16.8 Å². The van der Waals surface area contributed by atoms with Crippen LogP contribution in [0, 0.1) is 23.1 Å². The molecule has 0 radical (unpaired) electrons. The predicted molar refractivity (Wildman–Crippen MR) is 153 cm³/mol. The highest BCUT2D eigenvalue weighted by atomic mass is 32.2. The normalized spacial score (nSPS) is 13.8. The van der Waals surface area contributed by atoms with Crippen LogP contribution in [-0.4, -0.2) is 36.6 Å². The molecule has 0 aliphatic carbocycles. The Hall–Kier alpha value is -4.60. The summed E-state index contributed by atoms with van der Waals surface area (Å²) in [5.41, 5.74) is 1.75. The fourth-order valence-electron chi connectivity index (χ4n) is 5.20. The molecule has 0 saturated carbocycles. The van der Waals surface area contributed by atoms with Gasteiger partial charge in [-0.15, -0.1) is 11.3 Å². The van der Waals surface area contributed by atoms with Gasteiger partial charge in [0.15, 0.2) is 0 Å². The first-order valence-corrected chi connectivity index (χ1v) is 15.0. The maximum absolute atomic E-state index is 14.7. The zero-order chi connectivity index (χ0) is 29.8. The Morgan fingerprint density at radius 3 is 2.45 bits per heavy atom. The summed E-state index contributed by atoms with van der Waals surface area (Å²) in [4.78, 5) is 13.2. The quantitative estimate of drug-likeness (QED) is 0.220. The van der Waals surface area contributed by atoms with Crippen molar-refractivity contribution in [1.29, 1.82) is 5.26 Å². The summed E-state index contributed by atoms with van der Waals surface area (Å²) in [6, 6.07) is 18.6. The molecule has 0 bridgehead atoms. The van der Waals surface area contributed by atoms with Gasteiger partial charge < -0.3 is 10.0 Å². The van der Waals surface area contributed by atoms with Crippen LogP contribution in [0.5, 0.6) is 0 Å². The molecule has 12 heteroatoms. The molecular formula is C30H20F3N3O4S2. The van der Waals surface area contributed by atoms with E-state index in [4.69, 9.17) is 0 Å². The second-order valence-electron chi connectivity index (χ2n) is 9.79. The largest absolute Gasteiger partial charge is 0.481 e. The minimum atomic E-state index is -4.46. The second kappa shape index (κ2) is 10.3. The summed E-state index contributed by atoms with van der Waals surface area (Å²) in [6.07, 6.45) is -2.78. The molecule has 0 unspecified atom stereocenters. The molecule has 3 aromatic carbocycles. The first-order chi connectivity index (χ1) is 20.1. The van der Waals surface area contributed by atoms with Crippen LogP contribution in [0.3, 0.4) is 0 Å². The van der Waals surface area contributed by atoms with Gasteiger partial charge in [-0.1, -0.05) is 24.3 Å². The lowest BCUT2D eigenvalue weighted by molar-refractivity contribution is -0.142. The average molecular weight is 608 g/mol. The van der Waals surface area contributed by atoms with E-state index in [1.165, 1.54) is 12.1 Å². The van der Waals surface area contributed by atoms with Crippen molar-refractivity contribution >= 4 is 43.9 Å². The number of carbonyl (C=O) groups is 1. The van der Waals surface area contributed by atoms with Gasteiger partial charge in [-0.3, -0.25) is 4.79 Å². The van der Waals surface area contributed by atoms with Gasteiger partial charge in [-0.25, -0.2) is 25.6 Å². The first-order valence-electron chi connectivity index (χ1n) is 12.6. The van der Waals surface area contributed by atoms with Crippen molar-refractivity contribution in [2.45, 2.75) is 11.3 Å². The van der Waals surface area contributed by atoms with Crippen LogP contribution in [0.1, 0.15) is 16.9 Å². The Balaban J connectivity index is 1.65. The summed E-state index contributed by atoms with van der Waals surface area (Å²) in [5, 5.41) is 21.1. The van der Waals surface area contributed by atoms with E-state index >= 15 is 0 Å². The molecule has 0 amide bonds. The predicted octanol–water partition coefficient (Wildman–Crippen LogP) is 6.74. The zero-order valence-electron chi connectivity index (χ0n) is 21.5. The van der Waals surface area contributed by atoms with Crippen molar-refractivity contribution < 1.29 is 31.5 Å². The fraction of sp³-hybridized carbons (Fsp3) is 0.133. The molecule has 1 aliphatic heterocycles. The number of nitrogens with zero attached hydrogens (tertiary/aromatic N) is 3. The van der Waals surface area contributed by atoms with E-state index < -0.39 is 34.2 Å². The maximum atomic E-state index is 14.7. The van der Waals surface area contributed by atoms with Crippen molar-refractivity contribution in [3.63, 3.8) is 0 Å². The van der Waals surface area contributed by atoms with E-state index in [9.17, 15) is 36.8 Å². The third kappa shape index (κ3) is 4.51. The Labute approximate surface area is 242 Å². The van der Waals surface area contributed by atoms with Crippen molar-refractivity contribution in [3.8, 4) is 28.5 Å². The molecule has 1 fully saturated rings. The number of carboxylic acid groups (broad SMARTS) is 1. The van der Waals surface area contributed by atoms with Crippen LogP contribution in [0.25, 0.3) is 33.3 Å². The molecule has 212 valence electrons. The summed E-state index contributed by atoms with van der Waals surface area (Å²) in [6.45, 7) is 0.551. The van der Waals surface area contributed by atoms with Crippen molar-refractivity contribution in [1.82, 2.24) is 3.97 Å². The summed E-state index contributed by atoms with van der Waals surface area (Å²) in [5.74, 6) is -2.05. The van der Waals surface area contributed by atoms with Gasteiger partial charge in [0.2, 0.25) is 0 Å². The van der Waals surface area contributed by atoms with Crippen LogP contribution >= 0.6 is 11.3 Å². The van der Waals surface area contributed by atoms with Gasteiger partial charge in [-0.05, 0) is 53.9 Å². The van der Waals surface area contributed by atoms with Crippen molar-refractivity contribution in [3.05, 3.63) is 94.4 Å². The number of hydrogen-bond acceptors (Lipinski definition) is 6. The molecule has 1 N–H and O–H groups in total. The molecule has 2 aromatic heterocycles. The third-order valence-corrected chi connectivity index (χ3v) is 9.86. The Kier molecular flexibility index (Phi) is 6.79. The molecule has 6 rings (SSSR count). The standard InChI is InChI=1S/C30H20F3N3O4S2/c31-20-6-9-25-24(13-20)27(23-10-11-41-26(23)14-34)28(18-2-1-3-21(12-18)35-15-19(16-35)30(37)38)36(25)42(39,40)22-7-4-17(5-8-22)29(32)33/h1-13,19,29H,15-16H2,(H,37,38). The zero-order valence-corrected chi connectivity index (χ0v) is 23.2. The minimum Gasteiger partial charge on any atom is -0.481 e. The number of anilines is 1. The molecule has 3 heterocycles. The van der Waals surface area contributed by atoms with E-state index in [-0.39, 0.29) is 40.1 Å². The number of nitriles is 1. The average Bonchev–Trinajstić information content (AvgIpc) is 3.54. The number of carboxylic acids is 1. The molecule has 0 atom stereocenters. The van der Waals surface area contributed by atoms with Crippen LogP contribution in [0.15, 0.2) is 83.1 Å². The molecular weight excluding hydrogens is 587 g/mol. The molecule has 1 saturated heterocycles. The van der Waals surface area contributed by atoms with E-state index in [1.807, 2.05) is 4.90 Å². The first kappa shape index (κ1) is 27.6. The highest BCUT2D eigenvalue weighted by Crippen LogP contribution is 2.46. The van der Waals surface area contributed by atoms with Crippen molar-refractivity contribution in [2.24, 2.45) is 5.92 Å². The van der Waals surface area contributed by atoms with Crippen LogP contribution in [0.2, 0.25) is 0 Å². The summed E-state index contributed by atoms with van der Waals surface area (Å²) < 4.78 is 70.8. The molecule has 1 aliphatic rings. The Morgan fingerprint density at radius 1 is 1.05 bits per heavy atom. The number of alkyl halides is 2. The van der Waals surface area contributed by atoms with Crippen LogP contribution in [0.4, 0.5) is 18.9 Å². The number of thiophene rings is 1. The van der Waals surface area contributed by atoms with E-state index in [0.29, 0.717) is 27.3 Å². The van der Waals surface area contributed by atoms with E-state index in [2.05, 4.69) is 6.07 Å². The lowest BCUT2D eigenvalue weighted by atomic mass is 9.96. The highest BCUT2D eigenvalue weighted by Gasteiger charge is 2.34. The number of fused-ring (bicyclic) bond motifs is 1. The molecule has 42 heavy (non-hydrogen) atoms. The molecule has 0 spiro atoms. The van der Waals surface area contributed by atoms with Crippen molar-refractivity contribution in [2.75, 3.05) is 18.0 Å². The number of hydrogen-bond donors (Lipinski definition) is 1. The lowest BCUT2D eigenvalue weighted by Crippen LogP contribution is -2.50. The number of benzene rings is 3. The Bertz CT molecular complexity index is 2010. The molecule has 5 aromatic rings. The number of rotatable bonds is 7.